The van der Waals surface area contributed by atoms with Crippen molar-refractivity contribution in [2.75, 3.05) is 14.2 Å². The third kappa shape index (κ3) is 5.26. The van der Waals surface area contributed by atoms with Crippen molar-refractivity contribution in [1.82, 2.24) is 10.9 Å². The molecule has 0 bridgehead atoms. The van der Waals surface area contributed by atoms with Gasteiger partial charge in [-0.05, 0) is 42.0 Å². The lowest BCUT2D eigenvalue weighted by Gasteiger charge is -2.08. The van der Waals surface area contributed by atoms with Gasteiger partial charge in [0, 0.05) is 16.7 Å². The summed E-state index contributed by atoms with van der Waals surface area (Å²) in [6, 6.07) is 11.6. The van der Waals surface area contributed by atoms with E-state index < -0.39 is 11.8 Å². The van der Waals surface area contributed by atoms with Crippen LogP contribution < -0.4 is 20.3 Å². The average Bonchev–Trinajstić information content (AvgIpc) is 2.64. The minimum absolute atomic E-state index is 0.344. The molecule has 0 heterocycles. The molecular weight excluding hydrogens is 344 g/mol. The molecular formula is C18H17ClN2O4. The Bertz CT molecular complexity index is 805. The number of methoxy groups -OCH3 is 2. The van der Waals surface area contributed by atoms with E-state index in [1.807, 2.05) is 0 Å². The number of hydrazine groups is 1. The molecule has 130 valence electrons. The number of carbonyl (C=O) groups excluding carboxylic acids is 2. The number of rotatable bonds is 5. The summed E-state index contributed by atoms with van der Waals surface area (Å²) in [4.78, 5) is 23.7. The molecule has 2 rings (SSSR count). The van der Waals surface area contributed by atoms with Gasteiger partial charge < -0.3 is 9.47 Å². The van der Waals surface area contributed by atoms with Crippen LogP contribution in [0.25, 0.3) is 6.08 Å². The molecule has 0 unspecified atom stereocenters. The van der Waals surface area contributed by atoms with Crippen molar-refractivity contribution in [3.8, 4) is 11.5 Å². The van der Waals surface area contributed by atoms with E-state index in [0.29, 0.717) is 22.1 Å². The summed E-state index contributed by atoms with van der Waals surface area (Å²) < 4.78 is 10.3. The van der Waals surface area contributed by atoms with Gasteiger partial charge in [-0.3, -0.25) is 20.4 Å². The topological polar surface area (TPSA) is 76.7 Å². The number of benzene rings is 2. The van der Waals surface area contributed by atoms with Crippen molar-refractivity contribution < 1.29 is 19.1 Å². The highest BCUT2D eigenvalue weighted by Crippen LogP contribution is 2.27. The van der Waals surface area contributed by atoms with E-state index in [-0.39, 0.29) is 0 Å². The average molecular weight is 361 g/mol. The molecule has 2 aromatic rings. The van der Waals surface area contributed by atoms with Crippen LogP contribution in [0, 0.1) is 0 Å². The van der Waals surface area contributed by atoms with Crippen LogP contribution in [-0.2, 0) is 4.79 Å². The van der Waals surface area contributed by atoms with Gasteiger partial charge in [0.15, 0.2) is 11.5 Å². The van der Waals surface area contributed by atoms with E-state index in [2.05, 4.69) is 10.9 Å². The predicted octanol–water partition coefficient (Wildman–Crippen LogP) is 2.83. The Morgan fingerprint density at radius 1 is 1.00 bits per heavy atom. The van der Waals surface area contributed by atoms with Crippen LogP contribution >= 0.6 is 11.6 Å². The number of carbonyl (C=O) groups is 2. The third-order valence-corrected chi connectivity index (χ3v) is 3.46. The Balaban J connectivity index is 1.93. The molecule has 6 nitrogen and oxygen atoms in total. The number of nitrogens with one attached hydrogen (secondary N) is 2. The molecule has 0 saturated heterocycles. The zero-order chi connectivity index (χ0) is 18.2. The molecule has 0 aliphatic heterocycles. The van der Waals surface area contributed by atoms with Gasteiger partial charge in [0.05, 0.1) is 14.2 Å². The molecule has 7 heteroatoms. The maximum atomic E-state index is 11.9. The molecule has 0 atom stereocenters. The number of hydrogen-bond acceptors (Lipinski definition) is 4. The van der Waals surface area contributed by atoms with Gasteiger partial charge in [0.1, 0.15) is 0 Å². The Hall–Kier alpha value is -2.99. The first-order valence-electron chi connectivity index (χ1n) is 7.29. The van der Waals surface area contributed by atoms with Crippen molar-refractivity contribution in [2.24, 2.45) is 0 Å². The van der Waals surface area contributed by atoms with Gasteiger partial charge in [-0.2, -0.15) is 0 Å². The molecule has 0 aliphatic carbocycles. The Kier molecular flexibility index (Phi) is 6.42. The molecule has 0 spiro atoms. The van der Waals surface area contributed by atoms with Gasteiger partial charge in [0.25, 0.3) is 11.8 Å². The van der Waals surface area contributed by atoms with Crippen LogP contribution in [-0.4, -0.2) is 26.0 Å². The predicted molar refractivity (Wildman–Crippen MR) is 95.6 cm³/mol. The van der Waals surface area contributed by atoms with Crippen molar-refractivity contribution >= 4 is 29.5 Å². The van der Waals surface area contributed by atoms with Crippen LogP contribution in [0.3, 0.4) is 0 Å². The first-order chi connectivity index (χ1) is 12.0. The first-order valence-corrected chi connectivity index (χ1v) is 7.67. The second-order valence-corrected chi connectivity index (χ2v) is 5.34. The van der Waals surface area contributed by atoms with E-state index in [4.69, 9.17) is 21.1 Å². The molecule has 0 saturated carbocycles. The molecule has 0 radical (unpaired) electrons. The van der Waals surface area contributed by atoms with Crippen molar-refractivity contribution in [1.29, 1.82) is 0 Å². The summed E-state index contributed by atoms with van der Waals surface area (Å²) in [6.45, 7) is 0. The molecule has 25 heavy (non-hydrogen) atoms. The maximum absolute atomic E-state index is 11.9. The summed E-state index contributed by atoms with van der Waals surface area (Å²) in [5.41, 5.74) is 5.70. The highest BCUT2D eigenvalue weighted by Gasteiger charge is 2.07. The van der Waals surface area contributed by atoms with E-state index in [1.165, 1.54) is 19.3 Å². The minimum atomic E-state index is -0.481. The molecule has 0 aliphatic rings. The molecule has 2 amide bonds. The van der Waals surface area contributed by atoms with Crippen LogP contribution in [0.5, 0.6) is 11.5 Å². The summed E-state index contributed by atoms with van der Waals surface area (Å²) >= 11 is 5.82. The minimum Gasteiger partial charge on any atom is -0.493 e. The van der Waals surface area contributed by atoms with E-state index >= 15 is 0 Å². The maximum Gasteiger partial charge on any atom is 0.269 e. The lowest BCUT2D eigenvalue weighted by molar-refractivity contribution is -0.117. The lowest BCUT2D eigenvalue weighted by atomic mass is 10.2. The van der Waals surface area contributed by atoms with Crippen molar-refractivity contribution in [3.63, 3.8) is 0 Å². The largest absolute Gasteiger partial charge is 0.493 e. The highest BCUT2D eigenvalue weighted by molar-refractivity contribution is 6.30. The summed E-state index contributed by atoms with van der Waals surface area (Å²) in [6.07, 6.45) is 2.88. The SMILES string of the molecule is COc1ccc(C=CC(=O)NNC(=O)c2cccc(Cl)c2)cc1OC. The van der Waals surface area contributed by atoms with Gasteiger partial charge in [0.2, 0.25) is 0 Å². The van der Waals surface area contributed by atoms with Gasteiger partial charge >= 0.3 is 0 Å². The summed E-state index contributed by atoms with van der Waals surface area (Å²) in [7, 11) is 3.08. The zero-order valence-corrected chi connectivity index (χ0v) is 14.5. The van der Waals surface area contributed by atoms with Crippen molar-refractivity contribution in [2.45, 2.75) is 0 Å². The fourth-order valence-corrected chi connectivity index (χ4v) is 2.18. The molecule has 2 N–H and O–H groups in total. The van der Waals surface area contributed by atoms with Crippen LogP contribution in [0.2, 0.25) is 5.02 Å². The second kappa shape index (κ2) is 8.75. The Morgan fingerprint density at radius 2 is 1.76 bits per heavy atom. The zero-order valence-electron chi connectivity index (χ0n) is 13.7. The fourth-order valence-electron chi connectivity index (χ4n) is 1.99. The quantitative estimate of drug-likeness (QED) is 0.635. The van der Waals surface area contributed by atoms with Gasteiger partial charge in [-0.15, -0.1) is 0 Å². The summed E-state index contributed by atoms with van der Waals surface area (Å²) in [5, 5.41) is 0.437. The van der Waals surface area contributed by atoms with E-state index in [0.717, 1.165) is 5.56 Å². The van der Waals surface area contributed by atoms with Crippen LogP contribution in [0.15, 0.2) is 48.5 Å². The number of amides is 2. The van der Waals surface area contributed by atoms with Crippen molar-refractivity contribution in [3.05, 3.63) is 64.7 Å². The molecule has 2 aromatic carbocycles. The Morgan fingerprint density at radius 3 is 2.44 bits per heavy atom. The first kappa shape index (κ1) is 18.4. The third-order valence-electron chi connectivity index (χ3n) is 3.22. The standard InChI is InChI=1S/C18H17ClN2O4/c1-24-15-8-6-12(10-16(15)25-2)7-9-17(22)20-21-18(23)13-4-3-5-14(19)11-13/h3-11H,1-2H3,(H,20,22)(H,21,23). The lowest BCUT2D eigenvalue weighted by Crippen LogP contribution is -2.40. The fraction of sp³-hybridized carbons (Fsp3) is 0.111. The van der Waals surface area contributed by atoms with Crippen LogP contribution in [0.4, 0.5) is 0 Å². The van der Waals surface area contributed by atoms with Crippen LogP contribution in [0.1, 0.15) is 15.9 Å². The molecule has 0 aromatic heterocycles. The summed E-state index contributed by atoms with van der Waals surface area (Å²) in [5.74, 6) is 0.206. The highest BCUT2D eigenvalue weighted by atomic mass is 35.5. The number of hydrogen-bond donors (Lipinski definition) is 2. The number of halogens is 1. The van der Waals surface area contributed by atoms with Gasteiger partial charge in [-0.1, -0.05) is 23.7 Å². The number of ether oxygens (including phenoxy) is 2. The van der Waals surface area contributed by atoms with Gasteiger partial charge in [-0.25, -0.2) is 0 Å². The van der Waals surface area contributed by atoms with E-state index in [9.17, 15) is 9.59 Å². The van der Waals surface area contributed by atoms with E-state index in [1.54, 1.807) is 49.6 Å². The second-order valence-electron chi connectivity index (χ2n) is 4.90. The Labute approximate surface area is 150 Å². The normalized spacial score (nSPS) is 10.4. The smallest absolute Gasteiger partial charge is 0.269 e. The molecule has 0 fully saturated rings. The monoisotopic (exact) mass is 360 g/mol.